The third kappa shape index (κ3) is 2.78. The molecule has 4 heterocycles. The van der Waals surface area contributed by atoms with E-state index in [1.165, 1.54) is 0 Å². The van der Waals surface area contributed by atoms with Crippen LogP contribution in [0.25, 0.3) is 5.65 Å². The van der Waals surface area contributed by atoms with E-state index in [9.17, 15) is 4.79 Å². The van der Waals surface area contributed by atoms with Gasteiger partial charge >= 0.3 is 0 Å². The van der Waals surface area contributed by atoms with Crippen molar-refractivity contribution in [1.82, 2.24) is 19.5 Å². The van der Waals surface area contributed by atoms with Gasteiger partial charge in [-0.3, -0.25) is 4.79 Å². The number of thioether (sulfide) groups is 1. The number of rotatable bonds is 2. The Morgan fingerprint density at radius 1 is 1.30 bits per heavy atom. The molecule has 7 heteroatoms. The maximum atomic E-state index is 12.7. The first kappa shape index (κ1) is 14.8. The Morgan fingerprint density at radius 2 is 2.13 bits per heavy atom. The predicted molar refractivity (Wildman–Crippen MR) is 91.9 cm³/mol. The summed E-state index contributed by atoms with van der Waals surface area (Å²) in [5.41, 5.74) is 1.85. The smallest absolute Gasteiger partial charge is 0.227 e. The van der Waals surface area contributed by atoms with Crippen LogP contribution in [0.5, 0.6) is 0 Å². The summed E-state index contributed by atoms with van der Waals surface area (Å²) in [7, 11) is 0. The Labute approximate surface area is 139 Å². The van der Waals surface area contributed by atoms with Crippen molar-refractivity contribution in [2.24, 2.45) is 5.92 Å². The molecule has 2 aromatic rings. The molecular weight excluding hydrogens is 310 g/mol. The van der Waals surface area contributed by atoms with Crippen molar-refractivity contribution in [2.45, 2.75) is 13.3 Å². The SMILES string of the molecule is Cc1cc(N2CCC(C(=O)N3CCSCC3)C2)n2nccc2n1. The second-order valence-electron chi connectivity index (χ2n) is 6.23. The van der Waals surface area contributed by atoms with Crippen molar-refractivity contribution < 1.29 is 4.79 Å². The molecule has 2 aliphatic heterocycles. The van der Waals surface area contributed by atoms with Gasteiger partial charge in [-0.2, -0.15) is 21.4 Å². The molecule has 4 rings (SSSR count). The van der Waals surface area contributed by atoms with E-state index in [-0.39, 0.29) is 5.92 Å². The second kappa shape index (κ2) is 6.03. The van der Waals surface area contributed by atoms with Gasteiger partial charge in [0.15, 0.2) is 5.65 Å². The fourth-order valence-corrected chi connectivity index (χ4v) is 4.36. The van der Waals surface area contributed by atoms with Gasteiger partial charge in [0, 0.05) is 55.5 Å². The molecule has 2 fully saturated rings. The molecule has 2 aromatic heterocycles. The number of anilines is 1. The number of aromatic nitrogens is 3. The summed E-state index contributed by atoms with van der Waals surface area (Å²) in [4.78, 5) is 21.5. The van der Waals surface area contributed by atoms with Crippen LogP contribution in [0.3, 0.4) is 0 Å². The van der Waals surface area contributed by atoms with Crippen LogP contribution in [0, 0.1) is 12.8 Å². The van der Waals surface area contributed by atoms with Crippen molar-refractivity contribution in [3.8, 4) is 0 Å². The molecule has 0 N–H and O–H groups in total. The summed E-state index contributed by atoms with van der Waals surface area (Å²) in [6, 6.07) is 3.98. The highest BCUT2D eigenvalue weighted by molar-refractivity contribution is 7.99. The van der Waals surface area contributed by atoms with Crippen molar-refractivity contribution in [1.29, 1.82) is 0 Å². The highest BCUT2D eigenvalue weighted by atomic mass is 32.2. The molecule has 0 radical (unpaired) electrons. The molecule has 23 heavy (non-hydrogen) atoms. The predicted octanol–water partition coefficient (Wildman–Crippen LogP) is 1.44. The molecular formula is C16H21N5OS. The zero-order valence-corrected chi connectivity index (χ0v) is 14.1. The van der Waals surface area contributed by atoms with Gasteiger partial charge in [0.25, 0.3) is 0 Å². The molecule has 2 aliphatic rings. The average Bonchev–Trinajstić information content (AvgIpc) is 3.23. The summed E-state index contributed by atoms with van der Waals surface area (Å²) >= 11 is 1.94. The number of hydrogen-bond donors (Lipinski definition) is 0. The van der Waals surface area contributed by atoms with Crippen LogP contribution >= 0.6 is 11.8 Å². The zero-order valence-electron chi connectivity index (χ0n) is 13.3. The van der Waals surface area contributed by atoms with Gasteiger partial charge < -0.3 is 9.80 Å². The van der Waals surface area contributed by atoms with Gasteiger partial charge in [-0.25, -0.2) is 4.98 Å². The molecule has 1 atom stereocenters. The lowest BCUT2D eigenvalue weighted by Gasteiger charge is -2.29. The number of carbonyl (C=O) groups excluding carboxylic acids is 1. The van der Waals surface area contributed by atoms with Crippen LogP contribution in [-0.4, -0.2) is 63.1 Å². The number of carbonyl (C=O) groups is 1. The summed E-state index contributed by atoms with van der Waals surface area (Å²) in [6.07, 6.45) is 2.70. The Hall–Kier alpha value is -1.76. The van der Waals surface area contributed by atoms with E-state index >= 15 is 0 Å². The summed E-state index contributed by atoms with van der Waals surface area (Å²) in [5.74, 6) is 3.62. The fraction of sp³-hybridized carbons (Fsp3) is 0.562. The minimum Gasteiger partial charge on any atom is -0.356 e. The molecule has 122 valence electrons. The van der Waals surface area contributed by atoms with Gasteiger partial charge in [0.2, 0.25) is 5.91 Å². The lowest BCUT2D eigenvalue weighted by Crippen LogP contribution is -2.42. The van der Waals surface area contributed by atoms with Gasteiger partial charge in [0.1, 0.15) is 5.82 Å². The molecule has 6 nitrogen and oxygen atoms in total. The first-order chi connectivity index (χ1) is 11.2. The maximum absolute atomic E-state index is 12.7. The van der Waals surface area contributed by atoms with Crippen LogP contribution in [0.15, 0.2) is 18.3 Å². The standard InChI is InChI=1S/C16H21N5OS/c1-12-10-15(21-14(18-12)2-4-17-21)20-5-3-13(11-20)16(22)19-6-8-23-9-7-19/h2,4,10,13H,3,5-9,11H2,1H3. The minimum atomic E-state index is 0.109. The number of hydrogen-bond acceptors (Lipinski definition) is 5. The molecule has 1 unspecified atom stereocenters. The zero-order chi connectivity index (χ0) is 15.8. The lowest BCUT2D eigenvalue weighted by molar-refractivity contribution is -0.134. The van der Waals surface area contributed by atoms with Gasteiger partial charge in [-0.05, 0) is 13.3 Å². The van der Waals surface area contributed by atoms with E-state index in [2.05, 4.69) is 21.0 Å². The summed E-state index contributed by atoms with van der Waals surface area (Å²) < 4.78 is 1.87. The molecule has 0 aromatic carbocycles. The van der Waals surface area contributed by atoms with E-state index in [1.54, 1.807) is 6.20 Å². The molecule has 2 saturated heterocycles. The number of amides is 1. The minimum absolute atomic E-state index is 0.109. The molecule has 0 bridgehead atoms. The van der Waals surface area contributed by atoms with E-state index < -0.39 is 0 Å². The molecule has 0 saturated carbocycles. The van der Waals surface area contributed by atoms with Crippen molar-refractivity contribution in [2.75, 3.05) is 42.6 Å². The average molecular weight is 331 g/mol. The molecule has 1 amide bonds. The van der Waals surface area contributed by atoms with E-state index in [0.717, 1.165) is 61.3 Å². The van der Waals surface area contributed by atoms with Gasteiger partial charge in [-0.1, -0.05) is 0 Å². The number of fused-ring (bicyclic) bond motifs is 1. The van der Waals surface area contributed by atoms with Crippen molar-refractivity contribution in [3.63, 3.8) is 0 Å². The molecule has 0 aliphatic carbocycles. The number of nitrogens with zero attached hydrogens (tertiary/aromatic N) is 5. The Bertz CT molecular complexity index is 724. The molecule has 0 spiro atoms. The van der Waals surface area contributed by atoms with Crippen LogP contribution in [0.2, 0.25) is 0 Å². The Kier molecular flexibility index (Phi) is 3.88. The van der Waals surface area contributed by atoms with Crippen molar-refractivity contribution in [3.05, 3.63) is 24.0 Å². The van der Waals surface area contributed by atoms with Crippen LogP contribution in [0.1, 0.15) is 12.1 Å². The van der Waals surface area contributed by atoms with Crippen LogP contribution in [0.4, 0.5) is 5.82 Å². The van der Waals surface area contributed by atoms with Crippen LogP contribution in [-0.2, 0) is 4.79 Å². The van der Waals surface area contributed by atoms with E-state index in [1.807, 2.05) is 34.2 Å². The normalized spacial score (nSPS) is 22.0. The largest absolute Gasteiger partial charge is 0.356 e. The highest BCUT2D eigenvalue weighted by Crippen LogP contribution is 2.26. The van der Waals surface area contributed by atoms with Crippen LogP contribution < -0.4 is 4.90 Å². The summed E-state index contributed by atoms with van der Waals surface area (Å²) in [5, 5.41) is 4.38. The quantitative estimate of drug-likeness (QED) is 0.833. The van der Waals surface area contributed by atoms with Gasteiger partial charge in [0.05, 0.1) is 12.1 Å². The Morgan fingerprint density at radius 3 is 2.96 bits per heavy atom. The fourth-order valence-electron chi connectivity index (χ4n) is 3.46. The Balaban J connectivity index is 1.53. The lowest BCUT2D eigenvalue weighted by atomic mass is 10.1. The third-order valence-corrected chi connectivity index (χ3v) is 5.60. The second-order valence-corrected chi connectivity index (χ2v) is 7.45. The van der Waals surface area contributed by atoms with Gasteiger partial charge in [-0.15, -0.1) is 0 Å². The van der Waals surface area contributed by atoms with Crippen molar-refractivity contribution >= 4 is 29.1 Å². The third-order valence-electron chi connectivity index (χ3n) is 4.65. The first-order valence-corrected chi connectivity index (χ1v) is 9.31. The van der Waals surface area contributed by atoms with E-state index in [4.69, 9.17) is 0 Å². The highest BCUT2D eigenvalue weighted by Gasteiger charge is 2.33. The number of aryl methyl sites for hydroxylation is 1. The van der Waals surface area contributed by atoms with E-state index in [0.29, 0.717) is 5.91 Å². The maximum Gasteiger partial charge on any atom is 0.227 e. The topological polar surface area (TPSA) is 53.7 Å². The summed E-state index contributed by atoms with van der Waals surface area (Å²) in [6.45, 7) is 5.48. The first-order valence-electron chi connectivity index (χ1n) is 8.15. The monoisotopic (exact) mass is 331 g/mol.